The van der Waals surface area contributed by atoms with E-state index in [4.69, 9.17) is 51.0 Å². The molecule has 24 nitrogen and oxygen atoms in total. The summed E-state index contributed by atoms with van der Waals surface area (Å²) < 4.78 is 47.7. The molecule has 2 aliphatic carbocycles. The molecule has 0 spiro atoms. The molecule has 4 aromatic rings. The summed E-state index contributed by atoms with van der Waals surface area (Å²) in [5, 5.41) is 9.16. The Balaban J connectivity index is 0.000000301. The highest BCUT2D eigenvalue weighted by molar-refractivity contribution is 6.10. The average molecular weight is 1140 g/mol. The number of carbonyl (C=O) groups excluding carboxylic acids is 4. The van der Waals surface area contributed by atoms with Crippen LogP contribution in [0.5, 0.6) is 0 Å². The average Bonchev–Trinajstić information content (AvgIpc) is 3.76. The molecule has 2 aliphatic rings. The van der Waals surface area contributed by atoms with Crippen molar-refractivity contribution in [2.75, 3.05) is 44.8 Å². The van der Waals surface area contributed by atoms with Gasteiger partial charge in [-0.1, -0.05) is 25.7 Å². The molecule has 4 aromatic heterocycles. The minimum atomic E-state index is -0.955. The van der Waals surface area contributed by atoms with E-state index in [0.717, 1.165) is 66.9 Å². The lowest BCUT2D eigenvalue weighted by atomic mass is 9.98. The van der Waals surface area contributed by atoms with Crippen molar-refractivity contribution in [3.05, 3.63) is 77.6 Å². The second kappa shape index (κ2) is 28.5. The Bertz CT molecular complexity index is 2860. The van der Waals surface area contributed by atoms with Gasteiger partial charge in [0.2, 0.25) is 6.54 Å². The maximum absolute atomic E-state index is 13.5. The number of nitrogens with zero attached hydrogens (tertiary/aromatic N) is 12. The third-order valence-electron chi connectivity index (χ3n) is 12.9. The number of rotatable bonds is 17. The molecule has 0 N–H and O–H groups in total. The van der Waals surface area contributed by atoms with E-state index < -0.39 is 59.4 Å². The van der Waals surface area contributed by atoms with Crippen LogP contribution in [0.2, 0.25) is 0 Å². The Labute approximate surface area is 481 Å². The summed E-state index contributed by atoms with van der Waals surface area (Å²) in [6.45, 7) is 35.6. The number of amides is 4. The molecule has 0 saturated heterocycles. The Morgan fingerprint density at radius 2 is 0.988 bits per heavy atom. The van der Waals surface area contributed by atoms with E-state index in [0.29, 0.717) is 46.1 Å². The Hall–Kier alpha value is -7.38. The summed E-state index contributed by atoms with van der Waals surface area (Å²) in [6, 6.07) is -0.0563. The lowest BCUT2D eigenvalue weighted by Crippen LogP contribution is -2.45. The van der Waals surface area contributed by atoms with Gasteiger partial charge in [0.1, 0.15) is 41.1 Å². The molecule has 0 bridgehead atoms. The molecule has 2 saturated carbocycles. The molecule has 446 valence electrons. The third kappa shape index (κ3) is 18.3. The predicted octanol–water partition coefficient (Wildman–Crippen LogP) is 11.9. The molecular weight excluding hydrogens is 1060 g/mol. The summed E-state index contributed by atoms with van der Waals surface area (Å²) >= 11 is 0. The van der Waals surface area contributed by atoms with Gasteiger partial charge in [-0.25, -0.2) is 50.5 Å². The third-order valence-corrected chi connectivity index (χ3v) is 12.9. The molecule has 4 amide bonds. The first kappa shape index (κ1) is 65.4. The van der Waals surface area contributed by atoms with Crippen molar-refractivity contribution in [3.8, 4) is 22.5 Å². The van der Waals surface area contributed by atoms with Crippen molar-refractivity contribution < 1.29 is 57.1 Å². The van der Waals surface area contributed by atoms with Gasteiger partial charge in [-0.3, -0.25) is 9.36 Å². The Morgan fingerprint density at radius 1 is 0.598 bits per heavy atom. The molecule has 0 radical (unpaired) electrons. The van der Waals surface area contributed by atoms with Crippen LogP contribution in [0.3, 0.4) is 0 Å². The van der Waals surface area contributed by atoms with E-state index in [9.17, 15) is 19.2 Å². The summed E-state index contributed by atoms with van der Waals surface area (Å²) in [5.41, 5.74) is 0.0839. The first-order chi connectivity index (χ1) is 38.5. The van der Waals surface area contributed by atoms with Crippen LogP contribution in [0.1, 0.15) is 152 Å². The van der Waals surface area contributed by atoms with Crippen LogP contribution in [0.15, 0.2) is 43.6 Å². The van der Waals surface area contributed by atoms with Crippen LogP contribution in [0.4, 0.5) is 30.8 Å². The number of hydrogen-bond acceptors (Lipinski definition) is 18. The van der Waals surface area contributed by atoms with Gasteiger partial charge >= 0.3 is 24.4 Å². The molecule has 0 aliphatic heterocycles. The Kier molecular flexibility index (Phi) is 22.8. The van der Waals surface area contributed by atoms with Crippen LogP contribution in [-0.4, -0.2) is 134 Å². The highest BCUT2D eigenvalue weighted by atomic mass is 16.7. The highest BCUT2D eigenvalue weighted by Crippen LogP contribution is 2.39. The topological polar surface area (TPSA) is 245 Å². The molecule has 82 heavy (non-hydrogen) atoms. The number of carbonyl (C=O) groups is 4. The van der Waals surface area contributed by atoms with Crippen LogP contribution in [0, 0.1) is 25.0 Å². The number of hydrogen-bond donors (Lipinski definition) is 0. The summed E-state index contributed by atoms with van der Waals surface area (Å²) in [4.78, 5) is 80.3. The van der Waals surface area contributed by atoms with Gasteiger partial charge in [-0.15, -0.1) is 0 Å². The summed E-state index contributed by atoms with van der Waals surface area (Å²) in [5.74, 6) is 0.564. The lowest BCUT2D eigenvalue weighted by Gasteiger charge is -2.29. The van der Waals surface area contributed by atoms with Crippen molar-refractivity contribution in [1.82, 2.24) is 39.5 Å². The van der Waals surface area contributed by atoms with E-state index in [2.05, 4.69) is 39.8 Å². The minimum absolute atomic E-state index is 0.0150. The molecule has 4 heterocycles. The minimum Gasteiger partial charge on any atom is -0.443 e. The maximum Gasteiger partial charge on any atom is 0.425 e. The number of aromatic nitrogens is 8. The summed E-state index contributed by atoms with van der Waals surface area (Å²) in [6.07, 6.45) is 14.5. The second-order valence-electron chi connectivity index (χ2n) is 23.9. The van der Waals surface area contributed by atoms with E-state index in [1.807, 2.05) is 10.9 Å². The van der Waals surface area contributed by atoms with Gasteiger partial charge in [0.05, 0.1) is 30.4 Å². The number of allylic oxidation sites excluding steroid dienone is 1. The smallest absolute Gasteiger partial charge is 0.425 e. The standard InChI is InChI=1S/C29H42N6O6.C29H40N6O6/c2*1-28(2,3)40-26(36)35(27(37)41-29(4,5)6)25-21(14-23(38-8)39-9)24(31-18-32-25)20-15-33-34(17-20)22(16-30-7)19-12-10-11-13-19/h15,17-19,22-23H,10-14,16H2,1-6,8-9H3;15-19,23H,10-14H2,1-6,8-9H3/b;22-16-/t22-;/m1./s1. The van der Waals surface area contributed by atoms with Gasteiger partial charge in [0, 0.05) is 81.6 Å². The van der Waals surface area contributed by atoms with Crippen molar-refractivity contribution in [2.24, 2.45) is 11.8 Å². The molecule has 0 aromatic carbocycles. The largest absolute Gasteiger partial charge is 0.443 e. The van der Waals surface area contributed by atoms with Crippen LogP contribution in [-0.2, 0) is 50.7 Å². The second-order valence-corrected chi connectivity index (χ2v) is 23.9. The van der Waals surface area contributed by atoms with E-state index in [-0.39, 0.29) is 36.4 Å². The van der Waals surface area contributed by atoms with Crippen molar-refractivity contribution >= 4 is 41.7 Å². The molecular formula is C58H82N12O12. The highest BCUT2D eigenvalue weighted by Gasteiger charge is 2.39. The number of anilines is 2. The number of ether oxygens (including phenoxy) is 8. The fourth-order valence-electron chi connectivity index (χ4n) is 9.40. The van der Waals surface area contributed by atoms with Crippen LogP contribution in [0.25, 0.3) is 37.9 Å². The molecule has 2 fully saturated rings. The van der Waals surface area contributed by atoms with Crippen molar-refractivity contribution in [1.29, 1.82) is 0 Å². The summed E-state index contributed by atoms with van der Waals surface area (Å²) in [7, 11) is 5.95. The number of imide groups is 2. The quantitative estimate of drug-likeness (QED) is 0.0542. The van der Waals surface area contributed by atoms with Gasteiger partial charge < -0.3 is 42.7 Å². The van der Waals surface area contributed by atoms with E-state index in [1.165, 1.54) is 47.3 Å². The Morgan fingerprint density at radius 3 is 1.37 bits per heavy atom. The molecule has 0 unspecified atom stereocenters. The van der Waals surface area contributed by atoms with Crippen LogP contribution >= 0.6 is 0 Å². The fraction of sp³-hybridized carbons (Fsp3) is 0.621. The predicted molar refractivity (Wildman–Crippen MR) is 305 cm³/mol. The first-order valence-electron chi connectivity index (χ1n) is 27.4. The van der Waals surface area contributed by atoms with Crippen molar-refractivity contribution in [3.63, 3.8) is 0 Å². The van der Waals surface area contributed by atoms with Gasteiger partial charge in [-0.05, 0) is 121 Å². The molecule has 6 rings (SSSR count). The lowest BCUT2D eigenvalue weighted by molar-refractivity contribution is -0.100. The fourth-order valence-corrected chi connectivity index (χ4v) is 9.40. The van der Waals surface area contributed by atoms with E-state index >= 15 is 0 Å². The van der Waals surface area contributed by atoms with Crippen LogP contribution < -0.4 is 9.80 Å². The first-order valence-corrected chi connectivity index (χ1v) is 27.4. The van der Waals surface area contributed by atoms with Gasteiger partial charge in [0.25, 0.3) is 0 Å². The monoisotopic (exact) mass is 1140 g/mol. The zero-order valence-corrected chi connectivity index (χ0v) is 50.5. The van der Waals surface area contributed by atoms with E-state index in [1.54, 1.807) is 106 Å². The van der Waals surface area contributed by atoms with Gasteiger partial charge in [0.15, 0.2) is 30.4 Å². The normalized spacial score (nSPS) is 14.9. The van der Waals surface area contributed by atoms with Gasteiger partial charge in [-0.2, -0.15) is 20.0 Å². The SMILES string of the molecule is [C-]#[N+]/C=C(/C1CCCC1)n1cc(-c2ncnc(N(C(=O)OC(C)(C)C)C(=O)OC(C)(C)C)c2CC(OC)OC)cn1.[C-]#[N+]C[C@H](C1CCCC1)n1cc(-c2ncnc(N(C(=O)OC(C)(C)C)C(=O)OC(C)(C)C)c2CC(OC)OC)cn1. The zero-order chi connectivity index (χ0) is 60.7. The zero-order valence-electron chi connectivity index (χ0n) is 50.5. The molecule has 1 atom stereocenters. The maximum atomic E-state index is 13.5. The number of methoxy groups -OCH3 is 4. The van der Waals surface area contributed by atoms with Crippen molar-refractivity contribution in [2.45, 2.75) is 188 Å². The molecule has 24 heteroatoms.